The number of nitrogens with zero attached hydrogens (tertiary/aromatic N) is 2. The molecule has 0 radical (unpaired) electrons. The van der Waals surface area contributed by atoms with Crippen LogP contribution < -0.4 is 10.9 Å². The van der Waals surface area contributed by atoms with Gasteiger partial charge in [-0.05, 0) is 51.0 Å². The highest BCUT2D eigenvalue weighted by Gasteiger charge is 2.13. The van der Waals surface area contributed by atoms with Gasteiger partial charge < -0.3 is 9.88 Å². The third-order valence-electron chi connectivity index (χ3n) is 3.77. The van der Waals surface area contributed by atoms with Crippen LogP contribution in [0.3, 0.4) is 0 Å². The zero-order valence-electron chi connectivity index (χ0n) is 13.7. The average Bonchev–Trinajstić information content (AvgIpc) is 2.47. The molecule has 0 saturated carbocycles. The number of aromatic nitrogens is 1. The van der Waals surface area contributed by atoms with Crippen LogP contribution in [-0.2, 0) is 11.3 Å². The summed E-state index contributed by atoms with van der Waals surface area (Å²) in [6.45, 7) is 7.25. The Balaban J connectivity index is 2.28. The molecule has 0 unspecified atom stereocenters. The summed E-state index contributed by atoms with van der Waals surface area (Å²) in [6, 6.07) is 9.38. The average molecular weight is 309 g/mol. The Morgan fingerprint density at radius 3 is 2.48 bits per heavy atom. The molecule has 0 spiro atoms. The Bertz CT molecular complexity index is 873. The van der Waals surface area contributed by atoms with Crippen LogP contribution in [0.2, 0.25) is 0 Å². The first-order valence-corrected chi connectivity index (χ1v) is 7.31. The molecule has 1 aromatic heterocycles. The Kier molecular flexibility index (Phi) is 4.65. The minimum Gasteiger partial charge on any atom is -0.324 e. The largest absolute Gasteiger partial charge is 0.324 e. The fourth-order valence-corrected chi connectivity index (χ4v) is 2.55. The van der Waals surface area contributed by atoms with E-state index in [1.807, 2.05) is 38.1 Å². The molecule has 1 N–H and O–H groups in total. The lowest BCUT2D eigenvalue weighted by Crippen LogP contribution is -2.31. The summed E-state index contributed by atoms with van der Waals surface area (Å²) in [7, 11) is 0. The molecule has 23 heavy (non-hydrogen) atoms. The van der Waals surface area contributed by atoms with E-state index in [9.17, 15) is 9.59 Å². The van der Waals surface area contributed by atoms with Gasteiger partial charge in [-0.3, -0.25) is 9.59 Å². The van der Waals surface area contributed by atoms with Crippen LogP contribution in [0.1, 0.15) is 27.9 Å². The second kappa shape index (κ2) is 6.49. The Hall–Kier alpha value is -2.87. The topological polar surface area (TPSA) is 74.9 Å². The van der Waals surface area contributed by atoms with Gasteiger partial charge in [0, 0.05) is 11.4 Å². The maximum Gasteiger partial charge on any atom is 0.269 e. The summed E-state index contributed by atoms with van der Waals surface area (Å²) in [4.78, 5) is 24.6. The Morgan fingerprint density at radius 1 is 1.17 bits per heavy atom. The normalized spacial score (nSPS) is 10.2. The third kappa shape index (κ3) is 3.49. The summed E-state index contributed by atoms with van der Waals surface area (Å²) >= 11 is 0. The van der Waals surface area contributed by atoms with Gasteiger partial charge in [0.15, 0.2) is 0 Å². The lowest BCUT2D eigenvalue weighted by Gasteiger charge is -2.13. The maximum absolute atomic E-state index is 12.3. The van der Waals surface area contributed by atoms with Crippen molar-refractivity contribution < 1.29 is 4.79 Å². The van der Waals surface area contributed by atoms with Gasteiger partial charge in [0.1, 0.15) is 18.2 Å². The van der Waals surface area contributed by atoms with Crippen molar-refractivity contribution in [3.8, 4) is 6.07 Å². The van der Waals surface area contributed by atoms with Crippen LogP contribution in [0.4, 0.5) is 5.69 Å². The number of amides is 1. The predicted molar refractivity (Wildman–Crippen MR) is 89.4 cm³/mol. The van der Waals surface area contributed by atoms with Crippen molar-refractivity contribution in [2.75, 3.05) is 5.32 Å². The van der Waals surface area contributed by atoms with Gasteiger partial charge in [-0.2, -0.15) is 5.26 Å². The number of aryl methyl sites for hydroxylation is 4. The van der Waals surface area contributed by atoms with Gasteiger partial charge in [-0.25, -0.2) is 0 Å². The van der Waals surface area contributed by atoms with Crippen LogP contribution in [0.5, 0.6) is 0 Å². The molecule has 0 saturated heterocycles. The fraction of sp³-hybridized carbons (Fsp3) is 0.278. The molecule has 118 valence electrons. The molecule has 1 aromatic carbocycles. The summed E-state index contributed by atoms with van der Waals surface area (Å²) in [5.74, 6) is -0.296. The first-order valence-electron chi connectivity index (χ1n) is 7.31. The van der Waals surface area contributed by atoms with Crippen molar-refractivity contribution in [2.24, 2.45) is 0 Å². The van der Waals surface area contributed by atoms with E-state index in [0.29, 0.717) is 11.3 Å². The second-order valence-corrected chi connectivity index (χ2v) is 5.71. The van der Waals surface area contributed by atoms with Crippen LogP contribution in [0.15, 0.2) is 29.1 Å². The monoisotopic (exact) mass is 309 g/mol. The van der Waals surface area contributed by atoms with Crippen molar-refractivity contribution in [1.29, 1.82) is 5.26 Å². The molecule has 2 rings (SSSR count). The third-order valence-corrected chi connectivity index (χ3v) is 3.77. The zero-order chi connectivity index (χ0) is 17.1. The lowest BCUT2D eigenvalue weighted by atomic mass is 10.1. The molecule has 0 aliphatic heterocycles. The number of anilines is 1. The van der Waals surface area contributed by atoms with E-state index in [2.05, 4.69) is 5.32 Å². The van der Waals surface area contributed by atoms with E-state index in [4.69, 9.17) is 5.26 Å². The second-order valence-electron chi connectivity index (χ2n) is 5.71. The number of benzene rings is 1. The molecule has 5 nitrogen and oxygen atoms in total. The fourth-order valence-electron chi connectivity index (χ4n) is 2.55. The smallest absolute Gasteiger partial charge is 0.269 e. The number of carbonyl (C=O) groups is 1. The van der Waals surface area contributed by atoms with E-state index in [1.54, 1.807) is 19.9 Å². The van der Waals surface area contributed by atoms with E-state index in [0.717, 1.165) is 16.8 Å². The van der Waals surface area contributed by atoms with E-state index in [-0.39, 0.29) is 18.0 Å². The molecular weight excluding hydrogens is 290 g/mol. The summed E-state index contributed by atoms with van der Waals surface area (Å²) in [5.41, 5.74) is 3.73. The van der Waals surface area contributed by atoms with Crippen molar-refractivity contribution in [2.45, 2.75) is 34.2 Å². The summed E-state index contributed by atoms with van der Waals surface area (Å²) in [5, 5.41) is 11.9. The first-order chi connectivity index (χ1) is 10.8. The highest BCUT2D eigenvalue weighted by atomic mass is 16.2. The van der Waals surface area contributed by atoms with Crippen molar-refractivity contribution in [3.63, 3.8) is 0 Å². The molecule has 5 heteroatoms. The zero-order valence-corrected chi connectivity index (χ0v) is 13.7. The minimum absolute atomic E-state index is 0.0786. The first kappa shape index (κ1) is 16.5. The molecule has 1 heterocycles. The van der Waals surface area contributed by atoms with Gasteiger partial charge in [-0.1, -0.05) is 17.7 Å². The number of nitriles is 1. The molecule has 1 amide bonds. The Labute approximate surface area is 135 Å². The molecule has 0 atom stereocenters. The molecule has 2 aromatic rings. The van der Waals surface area contributed by atoms with Crippen LogP contribution in [0.25, 0.3) is 0 Å². The van der Waals surface area contributed by atoms with Gasteiger partial charge in [-0.15, -0.1) is 0 Å². The standard InChI is InChI=1S/C18H19N3O2/c1-11-5-6-16(13(3)7-11)20-17(22)10-21-14(4)8-12(2)15(9-19)18(21)23/h5-8H,10H2,1-4H3,(H,20,22). The maximum atomic E-state index is 12.3. The van der Waals surface area contributed by atoms with Gasteiger partial charge in [0.2, 0.25) is 5.91 Å². The molecule has 0 aliphatic rings. The highest BCUT2D eigenvalue weighted by Crippen LogP contribution is 2.16. The van der Waals surface area contributed by atoms with Gasteiger partial charge >= 0.3 is 0 Å². The van der Waals surface area contributed by atoms with E-state index >= 15 is 0 Å². The van der Waals surface area contributed by atoms with Crippen LogP contribution in [0, 0.1) is 39.0 Å². The van der Waals surface area contributed by atoms with Crippen molar-refractivity contribution >= 4 is 11.6 Å². The molecule has 0 bridgehead atoms. The minimum atomic E-state index is -0.430. The summed E-state index contributed by atoms with van der Waals surface area (Å²) in [6.07, 6.45) is 0. The van der Waals surface area contributed by atoms with Crippen LogP contribution >= 0.6 is 0 Å². The summed E-state index contributed by atoms with van der Waals surface area (Å²) < 4.78 is 1.32. The Morgan fingerprint density at radius 2 is 1.87 bits per heavy atom. The van der Waals surface area contributed by atoms with Crippen LogP contribution in [-0.4, -0.2) is 10.5 Å². The van der Waals surface area contributed by atoms with Crippen molar-refractivity contribution in [3.05, 3.63) is 62.6 Å². The SMILES string of the molecule is Cc1ccc(NC(=O)Cn2c(C)cc(C)c(C#N)c2=O)c(C)c1. The number of hydrogen-bond donors (Lipinski definition) is 1. The van der Waals surface area contributed by atoms with Gasteiger partial charge in [0.25, 0.3) is 5.56 Å². The van der Waals surface area contributed by atoms with E-state index in [1.165, 1.54) is 4.57 Å². The lowest BCUT2D eigenvalue weighted by molar-refractivity contribution is -0.116. The number of carbonyl (C=O) groups excluding carboxylic acids is 1. The van der Waals surface area contributed by atoms with Gasteiger partial charge in [0.05, 0.1) is 0 Å². The number of hydrogen-bond acceptors (Lipinski definition) is 3. The van der Waals surface area contributed by atoms with E-state index < -0.39 is 5.56 Å². The quantitative estimate of drug-likeness (QED) is 0.947. The van der Waals surface area contributed by atoms with Crippen molar-refractivity contribution in [1.82, 2.24) is 4.57 Å². The molecule has 0 fully saturated rings. The molecular formula is C18H19N3O2. The predicted octanol–water partition coefficient (Wildman–Crippen LogP) is 2.59. The number of rotatable bonds is 3. The highest BCUT2D eigenvalue weighted by molar-refractivity contribution is 5.91. The molecule has 0 aliphatic carbocycles. The number of pyridine rings is 1. The number of nitrogens with one attached hydrogen (secondary N) is 1.